The van der Waals surface area contributed by atoms with Crippen LogP contribution in [0.3, 0.4) is 0 Å². The molecule has 0 bridgehead atoms. The largest absolute Gasteiger partial charge is 0.342 e. The van der Waals surface area contributed by atoms with Crippen molar-refractivity contribution in [2.75, 3.05) is 11.4 Å². The smallest absolute Gasteiger partial charge is 0.252 e. The first-order valence-corrected chi connectivity index (χ1v) is 7.62. The molecule has 2 rings (SSSR count). The number of anilines is 1. The van der Waals surface area contributed by atoms with Gasteiger partial charge in [0.25, 0.3) is 5.91 Å². The van der Waals surface area contributed by atoms with E-state index in [0.29, 0.717) is 23.7 Å². The molecule has 0 aromatic heterocycles. The minimum Gasteiger partial charge on any atom is -0.342 e. The molecule has 4 nitrogen and oxygen atoms in total. The molecule has 1 aliphatic heterocycles. The van der Waals surface area contributed by atoms with Gasteiger partial charge in [-0.2, -0.15) is 0 Å². The molecule has 1 N–H and O–H groups in total. The quantitative estimate of drug-likeness (QED) is 0.882. The third kappa shape index (κ3) is 2.83. The van der Waals surface area contributed by atoms with Gasteiger partial charge < -0.3 is 10.2 Å². The molecule has 0 aliphatic carbocycles. The van der Waals surface area contributed by atoms with Crippen molar-refractivity contribution in [1.82, 2.24) is 5.32 Å². The zero-order valence-corrected chi connectivity index (χ0v) is 13.7. The van der Waals surface area contributed by atoms with Gasteiger partial charge in [0.1, 0.15) is 5.54 Å². The molecule has 2 amide bonds. The van der Waals surface area contributed by atoms with E-state index in [1.54, 1.807) is 24.0 Å². The molecule has 20 heavy (non-hydrogen) atoms. The lowest BCUT2D eigenvalue weighted by molar-refractivity contribution is -0.129. The van der Waals surface area contributed by atoms with Gasteiger partial charge in [0.05, 0.1) is 10.7 Å². The Morgan fingerprint density at radius 2 is 2.15 bits per heavy atom. The van der Waals surface area contributed by atoms with Gasteiger partial charge in [-0.1, -0.05) is 34.5 Å². The van der Waals surface area contributed by atoms with Gasteiger partial charge in [0, 0.05) is 17.4 Å². The third-order valence-electron chi connectivity index (χ3n) is 3.60. The fourth-order valence-electron chi connectivity index (χ4n) is 2.20. The SMILES string of the molecule is CCC1(C)NC(=O)CCN(c2cc(Br)ccc2Cl)C1=O. The topological polar surface area (TPSA) is 49.4 Å². The summed E-state index contributed by atoms with van der Waals surface area (Å²) >= 11 is 9.58. The first kappa shape index (κ1) is 15.3. The first-order chi connectivity index (χ1) is 9.37. The van der Waals surface area contributed by atoms with E-state index in [-0.39, 0.29) is 18.2 Å². The molecule has 1 unspecified atom stereocenters. The predicted molar refractivity (Wildman–Crippen MR) is 83.0 cm³/mol. The number of carbonyl (C=O) groups is 2. The molecule has 6 heteroatoms. The highest BCUT2D eigenvalue weighted by molar-refractivity contribution is 9.10. The summed E-state index contributed by atoms with van der Waals surface area (Å²) in [6.45, 7) is 3.96. The second-order valence-corrected chi connectivity index (χ2v) is 6.36. The van der Waals surface area contributed by atoms with Crippen LogP contribution < -0.4 is 10.2 Å². The van der Waals surface area contributed by atoms with Crippen molar-refractivity contribution in [3.05, 3.63) is 27.7 Å². The van der Waals surface area contributed by atoms with Crippen LogP contribution in [-0.2, 0) is 9.59 Å². The monoisotopic (exact) mass is 358 g/mol. The van der Waals surface area contributed by atoms with E-state index in [2.05, 4.69) is 21.2 Å². The Morgan fingerprint density at radius 3 is 2.80 bits per heavy atom. The minimum absolute atomic E-state index is 0.115. The molecule has 0 spiro atoms. The Balaban J connectivity index is 2.46. The number of benzene rings is 1. The van der Waals surface area contributed by atoms with Crippen LogP contribution in [0.5, 0.6) is 0 Å². The van der Waals surface area contributed by atoms with Crippen molar-refractivity contribution in [3.63, 3.8) is 0 Å². The number of nitrogens with one attached hydrogen (secondary N) is 1. The van der Waals surface area contributed by atoms with Crippen LogP contribution in [0.25, 0.3) is 0 Å². The molecule has 1 heterocycles. The molecule has 1 fully saturated rings. The average molecular weight is 360 g/mol. The summed E-state index contributed by atoms with van der Waals surface area (Å²) in [6.07, 6.45) is 0.796. The Bertz CT molecular complexity index is 564. The number of hydrogen-bond donors (Lipinski definition) is 1. The van der Waals surface area contributed by atoms with Crippen LogP contribution in [0, 0.1) is 0 Å². The van der Waals surface area contributed by atoms with Gasteiger partial charge in [-0.25, -0.2) is 0 Å². The third-order valence-corrected chi connectivity index (χ3v) is 4.41. The van der Waals surface area contributed by atoms with Crippen LogP contribution in [-0.4, -0.2) is 23.9 Å². The number of halogens is 2. The molecule has 1 atom stereocenters. The number of nitrogens with zero attached hydrogens (tertiary/aromatic N) is 1. The molecule has 108 valence electrons. The lowest BCUT2D eigenvalue weighted by Crippen LogP contribution is -2.54. The molecule has 0 radical (unpaired) electrons. The van der Waals surface area contributed by atoms with E-state index in [1.165, 1.54) is 0 Å². The summed E-state index contributed by atoms with van der Waals surface area (Å²) < 4.78 is 0.839. The van der Waals surface area contributed by atoms with E-state index < -0.39 is 5.54 Å². The molecule has 1 aromatic rings. The van der Waals surface area contributed by atoms with Crippen LogP contribution in [0.4, 0.5) is 5.69 Å². The maximum atomic E-state index is 12.7. The summed E-state index contributed by atoms with van der Waals surface area (Å²) in [7, 11) is 0. The van der Waals surface area contributed by atoms with E-state index >= 15 is 0 Å². The standard InChI is InChI=1S/C14H16BrClN2O2/c1-3-14(2)13(20)18(7-6-12(19)17-14)11-8-9(15)4-5-10(11)16/h4-5,8H,3,6-7H2,1-2H3,(H,17,19). The Kier molecular flexibility index (Phi) is 4.39. The van der Waals surface area contributed by atoms with Crippen molar-refractivity contribution in [2.24, 2.45) is 0 Å². The lowest BCUT2D eigenvalue weighted by atomic mass is 9.97. The zero-order valence-electron chi connectivity index (χ0n) is 11.4. The second-order valence-electron chi connectivity index (χ2n) is 5.04. The second kappa shape index (κ2) is 5.74. The van der Waals surface area contributed by atoms with Gasteiger partial charge in [0.2, 0.25) is 5.91 Å². The summed E-state index contributed by atoms with van der Waals surface area (Å²) in [5, 5.41) is 3.30. The van der Waals surface area contributed by atoms with Gasteiger partial charge >= 0.3 is 0 Å². The highest BCUT2D eigenvalue weighted by atomic mass is 79.9. The molecule has 0 saturated carbocycles. The molecule has 1 aliphatic rings. The van der Waals surface area contributed by atoms with E-state index in [0.717, 1.165) is 4.47 Å². The van der Waals surface area contributed by atoms with Gasteiger partial charge in [-0.3, -0.25) is 9.59 Å². The minimum atomic E-state index is -0.890. The van der Waals surface area contributed by atoms with Crippen molar-refractivity contribution < 1.29 is 9.59 Å². The van der Waals surface area contributed by atoms with Crippen LogP contribution in [0.15, 0.2) is 22.7 Å². The fraction of sp³-hybridized carbons (Fsp3) is 0.429. The zero-order chi connectivity index (χ0) is 14.9. The van der Waals surface area contributed by atoms with E-state index in [1.807, 2.05) is 13.0 Å². The van der Waals surface area contributed by atoms with E-state index in [4.69, 9.17) is 11.6 Å². The lowest BCUT2D eigenvalue weighted by Gasteiger charge is -2.31. The summed E-state index contributed by atoms with van der Waals surface area (Å²) in [6, 6.07) is 5.35. The molecular formula is C14H16BrClN2O2. The Labute approximate surface area is 131 Å². The Morgan fingerprint density at radius 1 is 1.45 bits per heavy atom. The van der Waals surface area contributed by atoms with Crippen LogP contribution >= 0.6 is 27.5 Å². The highest BCUT2D eigenvalue weighted by Crippen LogP contribution is 2.32. The van der Waals surface area contributed by atoms with Gasteiger partial charge in [0.15, 0.2) is 0 Å². The Hall–Kier alpha value is -1.07. The van der Waals surface area contributed by atoms with Crippen LogP contribution in [0.1, 0.15) is 26.7 Å². The molecule has 1 saturated heterocycles. The first-order valence-electron chi connectivity index (χ1n) is 6.45. The maximum Gasteiger partial charge on any atom is 0.252 e. The van der Waals surface area contributed by atoms with Crippen molar-refractivity contribution in [1.29, 1.82) is 0 Å². The predicted octanol–water partition coefficient (Wildman–Crippen LogP) is 3.12. The molecule has 1 aromatic carbocycles. The van der Waals surface area contributed by atoms with Crippen molar-refractivity contribution in [2.45, 2.75) is 32.2 Å². The van der Waals surface area contributed by atoms with Gasteiger partial charge in [-0.15, -0.1) is 0 Å². The number of carbonyl (C=O) groups excluding carboxylic acids is 2. The number of amides is 2. The van der Waals surface area contributed by atoms with Crippen molar-refractivity contribution in [3.8, 4) is 0 Å². The normalized spacial score (nSPS) is 23.5. The van der Waals surface area contributed by atoms with Crippen LogP contribution in [0.2, 0.25) is 5.02 Å². The average Bonchev–Trinajstić information content (AvgIpc) is 2.52. The van der Waals surface area contributed by atoms with E-state index in [9.17, 15) is 9.59 Å². The summed E-state index contributed by atoms with van der Waals surface area (Å²) in [5.74, 6) is -0.248. The molecular weight excluding hydrogens is 344 g/mol. The summed E-state index contributed by atoms with van der Waals surface area (Å²) in [4.78, 5) is 26.1. The van der Waals surface area contributed by atoms with Crippen molar-refractivity contribution >= 4 is 45.0 Å². The highest BCUT2D eigenvalue weighted by Gasteiger charge is 2.40. The maximum absolute atomic E-state index is 12.7. The number of rotatable bonds is 2. The number of hydrogen-bond acceptors (Lipinski definition) is 2. The van der Waals surface area contributed by atoms with Gasteiger partial charge in [-0.05, 0) is 31.5 Å². The fourth-order valence-corrected chi connectivity index (χ4v) is 2.77. The summed E-state index contributed by atoms with van der Waals surface area (Å²) in [5.41, 5.74) is -0.263.